The van der Waals surface area contributed by atoms with Crippen LogP contribution in [0.5, 0.6) is 0 Å². The minimum atomic E-state index is -0.374. The first kappa shape index (κ1) is 17.7. The van der Waals surface area contributed by atoms with Crippen LogP contribution >= 0.6 is 0 Å². The maximum Gasteiger partial charge on any atom is 0.410 e. The van der Waals surface area contributed by atoms with Crippen LogP contribution in [0.4, 0.5) is 4.79 Å². The van der Waals surface area contributed by atoms with Gasteiger partial charge in [-0.3, -0.25) is 4.90 Å². The highest BCUT2D eigenvalue weighted by Gasteiger charge is 2.40. The molecule has 0 saturated carbocycles. The van der Waals surface area contributed by atoms with Crippen molar-refractivity contribution in [3.05, 3.63) is 59.7 Å². The van der Waals surface area contributed by atoms with E-state index in [1.165, 1.54) is 22.3 Å². The smallest absolute Gasteiger partial charge is 0.410 e. The number of hydrogen-bond acceptors (Lipinski definition) is 4. The van der Waals surface area contributed by atoms with Gasteiger partial charge in [0.15, 0.2) is 0 Å². The molecule has 2 aliphatic heterocycles. The topological polar surface area (TPSA) is 59.0 Å². The summed E-state index contributed by atoms with van der Waals surface area (Å²) in [5.74, 6) is 0.0602. The molecule has 2 fully saturated rings. The van der Waals surface area contributed by atoms with Gasteiger partial charge in [0.1, 0.15) is 6.61 Å². The molecular formula is C23H25NO4. The van der Waals surface area contributed by atoms with E-state index in [1.54, 1.807) is 0 Å². The Morgan fingerprint density at radius 1 is 1.00 bits per heavy atom. The van der Waals surface area contributed by atoms with Crippen LogP contribution in [0.25, 0.3) is 11.1 Å². The number of rotatable bonds is 2. The lowest BCUT2D eigenvalue weighted by molar-refractivity contribution is -0.0453. The zero-order valence-corrected chi connectivity index (χ0v) is 15.8. The normalized spacial score (nSPS) is 26.3. The number of morpholine rings is 1. The summed E-state index contributed by atoms with van der Waals surface area (Å²) in [6, 6.07) is 16.6. The molecule has 0 spiro atoms. The molecule has 2 heterocycles. The van der Waals surface area contributed by atoms with Crippen LogP contribution in [0, 0.1) is 0 Å². The van der Waals surface area contributed by atoms with Gasteiger partial charge in [-0.1, -0.05) is 48.5 Å². The Labute approximate surface area is 164 Å². The van der Waals surface area contributed by atoms with Gasteiger partial charge >= 0.3 is 6.09 Å². The fraction of sp³-hybridized carbons (Fsp3) is 0.435. The highest BCUT2D eigenvalue weighted by molar-refractivity contribution is 5.79. The number of amides is 1. The molecule has 0 radical (unpaired) electrons. The number of hydrogen-bond donors (Lipinski definition) is 1. The van der Waals surface area contributed by atoms with Crippen LogP contribution < -0.4 is 0 Å². The average molecular weight is 379 g/mol. The summed E-state index contributed by atoms with van der Waals surface area (Å²) < 4.78 is 11.5. The largest absolute Gasteiger partial charge is 0.448 e. The summed E-state index contributed by atoms with van der Waals surface area (Å²) >= 11 is 0. The number of ether oxygens (including phenoxy) is 2. The summed E-state index contributed by atoms with van der Waals surface area (Å²) in [5, 5.41) is 10.1. The van der Waals surface area contributed by atoms with Crippen molar-refractivity contribution in [2.24, 2.45) is 0 Å². The molecule has 28 heavy (non-hydrogen) atoms. The lowest BCUT2D eigenvalue weighted by Crippen LogP contribution is -2.54. The van der Waals surface area contributed by atoms with E-state index in [0.717, 1.165) is 6.42 Å². The molecule has 3 atom stereocenters. The monoisotopic (exact) mass is 379 g/mol. The second-order valence-corrected chi connectivity index (χ2v) is 8.02. The van der Waals surface area contributed by atoms with E-state index in [4.69, 9.17) is 9.47 Å². The Hall–Kier alpha value is -2.37. The summed E-state index contributed by atoms with van der Waals surface area (Å²) in [4.78, 5) is 14.8. The Bertz CT molecular complexity index is 837. The molecular weight excluding hydrogens is 354 g/mol. The first-order chi connectivity index (χ1) is 13.7. The molecule has 5 rings (SSSR count). The van der Waals surface area contributed by atoms with E-state index in [2.05, 4.69) is 24.3 Å². The van der Waals surface area contributed by atoms with Crippen LogP contribution in [0.3, 0.4) is 0 Å². The molecule has 2 saturated heterocycles. The van der Waals surface area contributed by atoms with E-state index in [0.29, 0.717) is 32.7 Å². The summed E-state index contributed by atoms with van der Waals surface area (Å²) in [6.07, 6.45) is 1.36. The Morgan fingerprint density at radius 3 is 2.36 bits per heavy atom. The van der Waals surface area contributed by atoms with E-state index < -0.39 is 0 Å². The molecule has 5 nitrogen and oxygen atoms in total. The van der Waals surface area contributed by atoms with Crippen molar-refractivity contribution in [3.63, 3.8) is 0 Å². The average Bonchev–Trinajstić information content (AvgIpc) is 2.99. The molecule has 2 aromatic rings. The second-order valence-electron chi connectivity index (χ2n) is 8.02. The predicted octanol–water partition coefficient (Wildman–Crippen LogP) is 3.55. The Balaban J connectivity index is 1.36. The van der Waals surface area contributed by atoms with Crippen molar-refractivity contribution in [2.75, 3.05) is 19.8 Å². The SMILES string of the molecule is O=C(OCC1c2ccccc2-c2ccccc21)N1C2CCC(O)CC1COC2. The fourth-order valence-electron chi connectivity index (χ4n) is 4.99. The van der Waals surface area contributed by atoms with Crippen molar-refractivity contribution < 1.29 is 19.4 Å². The van der Waals surface area contributed by atoms with Gasteiger partial charge < -0.3 is 14.6 Å². The maximum absolute atomic E-state index is 13.0. The minimum Gasteiger partial charge on any atom is -0.448 e. The number of aliphatic hydroxyl groups is 1. The highest BCUT2D eigenvalue weighted by Crippen LogP contribution is 2.44. The van der Waals surface area contributed by atoms with Crippen molar-refractivity contribution in [3.8, 4) is 11.1 Å². The summed E-state index contributed by atoms with van der Waals surface area (Å²) in [7, 11) is 0. The van der Waals surface area contributed by atoms with Crippen molar-refractivity contribution in [1.29, 1.82) is 0 Å². The number of nitrogens with zero attached hydrogens (tertiary/aromatic N) is 1. The number of carbonyl (C=O) groups is 1. The molecule has 3 aliphatic rings. The van der Waals surface area contributed by atoms with E-state index in [1.807, 2.05) is 29.2 Å². The first-order valence-corrected chi connectivity index (χ1v) is 10.1. The van der Waals surface area contributed by atoms with Crippen LogP contribution in [-0.2, 0) is 9.47 Å². The third-order valence-corrected chi connectivity index (χ3v) is 6.33. The second kappa shape index (κ2) is 7.22. The number of benzene rings is 2. The first-order valence-electron chi connectivity index (χ1n) is 10.1. The molecule has 3 unspecified atom stereocenters. The van der Waals surface area contributed by atoms with E-state index in [9.17, 15) is 9.90 Å². The zero-order chi connectivity index (χ0) is 19.1. The third-order valence-electron chi connectivity index (χ3n) is 6.33. The Kier molecular flexibility index (Phi) is 4.57. The molecule has 1 aliphatic carbocycles. The lowest BCUT2D eigenvalue weighted by atomic mass is 9.98. The van der Waals surface area contributed by atoms with Crippen LogP contribution in [0.2, 0.25) is 0 Å². The highest BCUT2D eigenvalue weighted by atomic mass is 16.6. The number of carbonyl (C=O) groups excluding carboxylic acids is 1. The zero-order valence-electron chi connectivity index (χ0n) is 15.8. The minimum absolute atomic E-state index is 0.00782. The summed E-state index contributed by atoms with van der Waals surface area (Å²) in [6.45, 7) is 1.32. The Morgan fingerprint density at radius 2 is 1.64 bits per heavy atom. The van der Waals surface area contributed by atoms with Gasteiger partial charge in [0.2, 0.25) is 0 Å². The standard InChI is InChI=1S/C23H25NO4/c25-17-10-9-15-12-27-13-16(11-17)24(15)23(26)28-14-22-20-7-3-1-5-18(20)19-6-2-4-8-21(19)22/h1-8,15-17,22,25H,9-14H2. The number of aliphatic hydroxyl groups excluding tert-OH is 1. The molecule has 146 valence electrons. The van der Waals surface area contributed by atoms with Crippen molar-refractivity contribution >= 4 is 6.09 Å². The van der Waals surface area contributed by atoms with Gasteiger partial charge in [-0.05, 0) is 41.5 Å². The summed E-state index contributed by atoms with van der Waals surface area (Å²) in [5.41, 5.74) is 4.88. The van der Waals surface area contributed by atoms with Crippen LogP contribution in [0.15, 0.2) is 48.5 Å². The van der Waals surface area contributed by atoms with Gasteiger partial charge in [-0.15, -0.1) is 0 Å². The van der Waals surface area contributed by atoms with Gasteiger partial charge in [0.05, 0.1) is 31.4 Å². The molecule has 1 amide bonds. The van der Waals surface area contributed by atoms with Gasteiger partial charge in [-0.2, -0.15) is 0 Å². The lowest BCUT2D eigenvalue weighted by Gasteiger charge is -2.39. The van der Waals surface area contributed by atoms with Crippen LogP contribution in [-0.4, -0.2) is 54.1 Å². The molecule has 1 N–H and O–H groups in total. The molecule has 0 aromatic heterocycles. The number of fused-ring (bicyclic) bond motifs is 5. The maximum atomic E-state index is 13.0. The van der Waals surface area contributed by atoms with Crippen molar-refractivity contribution in [2.45, 2.75) is 43.4 Å². The molecule has 2 bridgehead atoms. The third kappa shape index (κ3) is 2.99. The quantitative estimate of drug-likeness (QED) is 0.867. The predicted molar refractivity (Wildman–Crippen MR) is 105 cm³/mol. The van der Waals surface area contributed by atoms with Gasteiger partial charge in [-0.25, -0.2) is 4.79 Å². The molecule has 5 heteroatoms. The molecule has 2 aromatic carbocycles. The van der Waals surface area contributed by atoms with Crippen LogP contribution in [0.1, 0.15) is 36.3 Å². The van der Waals surface area contributed by atoms with E-state index in [-0.39, 0.29) is 30.2 Å². The fourth-order valence-corrected chi connectivity index (χ4v) is 4.99. The van der Waals surface area contributed by atoms with E-state index >= 15 is 0 Å². The van der Waals surface area contributed by atoms with Crippen molar-refractivity contribution in [1.82, 2.24) is 4.90 Å². The van der Waals surface area contributed by atoms with Gasteiger partial charge in [0.25, 0.3) is 0 Å². The van der Waals surface area contributed by atoms with Gasteiger partial charge in [0, 0.05) is 5.92 Å².